The summed E-state index contributed by atoms with van der Waals surface area (Å²) < 4.78 is 25.9. The van der Waals surface area contributed by atoms with Gasteiger partial charge in [-0.25, -0.2) is 8.78 Å². The normalized spacial score (nSPS) is 12.2. The van der Waals surface area contributed by atoms with Crippen LogP contribution in [0.25, 0.3) is 0 Å². The summed E-state index contributed by atoms with van der Waals surface area (Å²) in [7, 11) is 0. The third-order valence-corrected chi connectivity index (χ3v) is 3.60. The zero-order valence-corrected chi connectivity index (χ0v) is 11.3. The van der Waals surface area contributed by atoms with Crippen molar-refractivity contribution in [2.75, 3.05) is 11.1 Å². The molecule has 2 nitrogen and oxygen atoms in total. The van der Waals surface area contributed by atoms with Crippen LogP contribution in [0.5, 0.6) is 0 Å². The fraction of sp³-hybridized carbons (Fsp3) is 0.462. The molecule has 0 heterocycles. The smallest absolute Gasteiger partial charge is 0.237 e. The summed E-state index contributed by atoms with van der Waals surface area (Å²) in [5.74, 6) is -0.725. The van der Waals surface area contributed by atoms with Gasteiger partial charge in [-0.1, -0.05) is 13.3 Å². The van der Waals surface area contributed by atoms with Crippen LogP contribution >= 0.6 is 11.8 Å². The summed E-state index contributed by atoms with van der Waals surface area (Å²) in [5, 5.41) is 2.28. The summed E-state index contributed by atoms with van der Waals surface area (Å²) in [6.45, 7) is 3.87. The highest BCUT2D eigenvalue weighted by Crippen LogP contribution is 2.17. The van der Waals surface area contributed by atoms with E-state index in [1.54, 1.807) is 6.92 Å². The number of benzene rings is 1. The van der Waals surface area contributed by atoms with Crippen molar-refractivity contribution in [1.82, 2.24) is 0 Å². The van der Waals surface area contributed by atoms with E-state index in [9.17, 15) is 13.6 Å². The molecule has 100 valence electrons. The van der Waals surface area contributed by atoms with E-state index in [1.165, 1.54) is 11.8 Å². The molecule has 1 unspecified atom stereocenters. The maximum absolute atomic E-state index is 12.9. The van der Waals surface area contributed by atoms with Crippen molar-refractivity contribution in [3.8, 4) is 0 Å². The molecule has 0 spiro atoms. The highest BCUT2D eigenvalue weighted by Gasteiger charge is 2.13. The molecule has 1 aromatic carbocycles. The fourth-order valence-electron chi connectivity index (χ4n) is 1.35. The van der Waals surface area contributed by atoms with Crippen molar-refractivity contribution in [1.29, 1.82) is 0 Å². The number of hydrogen-bond acceptors (Lipinski definition) is 2. The molecular formula is C13H17F2NOS. The standard InChI is InChI=1S/C13H17F2NOS/c1-3-4-5-18-9(2)13(17)16-12-7-10(14)6-11(15)8-12/h6-9H,3-5H2,1-2H3,(H,16,17). The second kappa shape index (κ2) is 7.36. The molecule has 1 N–H and O–H groups in total. The average Bonchev–Trinajstić information content (AvgIpc) is 2.27. The number of unbranched alkanes of at least 4 members (excludes halogenated alkanes) is 1. The number of halogens is 2. The molecule has 0 bridgehead atoms. The first-order valence-electron chi connectivity index (χ1n) is 5.91. The molecule has 0 saturated carbocycles. The number of nitrogens with one attached hydrogen (secondary N) is 1. The Morgan fingerprint density at radius 2 is 1.94 bits per heavy atom. The molecule has 18 heavy (non-hydrogen) atoms. The Bertz CT molecular complexity index is 392. The van der Waals surface area contributed by atoms with E-state index in [2.05, 4.69) is 12.2 Å². The van der Waals surface area contributed by atoms with Gasteiger partial charge in [0.15, 0.2) is 0 Å². The maximum Gasteiger partial charge on any atom is 0.237 e. The molecule has 5 heteroatoms. The molecule has 0 saturated heterocycles. The lowest BCUT2D eigenvalue weighted by Gasteiger charge is -2.11. The van der Waals surface area contributed by atoms with Crippen LogP contribution in [0.1, 0.15) is 26.7 Å². The van der Waals surface area contributed by atoms with E-state index in [1.807, 2.05) is 0 Å². The number of thioether (sulfide) groups is 1. The van der Waals surface area contributed by atoms with Gasteiger partial charge in [-0.3, -0.25) is 4.79 Å². The van der Waals surface area contributed by atoms with Gasteiger partial charge in [0, 0.05) is 11.8 Å². The van der Waals surface area contributed by atoms with Crippen molar-refractivity contribution in [2.24, 2.45) is 0 Å². The van der Waals surface area contributed by atoms with Gasteiger partial charge >= 0.3 is 0 Å². The first-order valence-corrected chi connectivity index (χ1v) is 6.96. The van der Waals surface area contributed by atoms with E-state index >= 15 is 0 Å². The molecule has 1 aromatic rings. The SMILES string of the molecule is CCCCSC(C)C(=O)Nc1cc(F)cc(F)c1. The lowest BCUT2D eigenvalue weighted by atomic mass is 10.3. The number of hydrogen-bond donors (Lipinski definition) is 1. The number of carbonyl (C=O) groups is 1. The Labute approximate surface area is 110 Å². The molecule has 0 fully saturated rings. The third kappa shape index (κ3) is 5.04. The predicted octanol–water partition coefficient (Wildman–Crippen LogP) is 3.83. The molecule has 1 rings (SSSR count). The van der Waals surface area contributed by atoms with Crippen LogP contribution in [0.3, 0.4) is 0 Å². The van der Waals surface area contributed by atoms with Gasteiger partial charge < -0.3 is 5.32 Å². The van der Waals surface area contributed by atoms with Gasteiger partial charge in [0.05, 0.1) is 5.25 Å². The van der Waals surface area contributed by atoms with Crippen LogP contribution in [-0.4, -0.2) is 16.9 Å². The lowest BCUT2D eigenvalue weighted by Crippen LogP contribution is -2.22. The highest BCUT2D eigenvalue weighted by atomic mass is 32.2. The van der Waals surface area contributed by atoms with Crippen LogP contribution in [0.15, 0.2) is 18.2 Å². The minimum Gasteiger partial charge on any atom is -0.325 e. The maximum atomic E-state index is 12.9. The predicted molar refractivity (Wildman–Crippen MR) is 71.8 cm³/mol. The lowest BCUT2D eigenvalue weighted by molar-refractivity contribution is -0.115. The number of amides is 1. The summed E-state index contributed by atoms with van der Waals surface area (Å²) in [6, 6.07) is 2.98. The second-order valence-corrected chi connectivity index (χ2v) is 5.46. The van der Waals surface area contributed by atoms with Crippen LogP contribution < -0.4 is 5.32 Å². The Hall–Kier alpha value is -1.10. The second-order valence-electron chi connectivity index (χ2n) is 4.01. The van der Waals surface area contributed by atoms with Crippen LogP contribution in [-0.2, 0) is 4.79 Å². The van der Waals surface area contributed by atoms with E-state index < -0.39 is 11.6 Å². The van der Waals surface area contributed by atoms with Gasteiger partial charge in [0.2, 0.25) is 5.91 Å². The molecule has 1 amide bonds. The molecule has 0 aliphatic rings. The Morgan fingerprint density at radius 1 is 1.33 bits per heavy atom. The molecule has 0 radical (unpaired) electrons. The molecule has 0 aliphatic carbocycles. The fourth-order valence-corrected chi connectivity index (χ4v) is 2.37. The van der Waals surface area contributed by atoms with E-state index in [4.69, 9.17) is 0 Å². The molecular weight excluding hydrogens is 256 g/mol. The largest absolute Gasteiger partial charge is 0.325 e. The number of anilines is 1. The minimum absolute atomic E-state index is 0.153. The summed E-state index contributed by atoms with van der Waals surface area (Å²) in [5.41, 5.74) is 0.153. The van der Waals surface area contributed by atoms with E-state index in [-0.39, 0.29) is 16.8 Å². The Kier molecular flexibility index (Phi) is 6.12. The summed E-state index contributed by atoms with van der Waals surface area (Å²) >= 11 is 1.54. The van der Waals surface area contributed by atoms with Crippen molar-refractivity contribution >= 4 is 23.4 Å². The summed E-state index contributed by atoms with van der Waals surface area (Å²) in [4.78, 5) is 11.8. The van der Waals surface area contributed by atoms with Gasteiger partial charge in [0.25, 0.3) is 0 Å². The number of carbonyl (C=O) groups excluding carboxylic acids is 1. The van der Waals surface area contributed by atoms with Gasteiger partial charge in [-0.2, -0.15) is 0 Å². The van der Waals surface area contributed by atoms with Crippen LogP contribution in [0.4, 0.5) is 14.5 Å². The topological polar surface area (TPSA) is 29.1 Å². The quantitative estimate of drug-likeness (QED) is 0.798. The monoisotopic (exact) mass is 273 g/mol. The van der Waals surface area contributed by atoms with Crippen molar-refractivity contribution < 1.29 is 13.6 Å². The summed E-state index contributed by atoms with van der Waals surface area (Å²) in [6.07, 6.45) is 2.13. The van der Waals surface area contributed by atoms with Gasteiger partial charge in [0.1, 0.15) is 11.6 Å². The number of rotatable bonds is 6. The average molecular weight is 273 g/mol. The minimum atomic E-state index is -0.698. The van der Waals surface area contributed by atoms with E-state index in [0.29, 0.717) is 0 Å². The molecule has 0 aliphatic heterocycles. The third-order valence-electron chi connectivity index (χ3n) is 2.37. The molecule has 1 atom stereocenters. The van der Waals surface area contributed by atoms with E-state index in [0.717, 1.165) is 36.8 Å². The zero-order valence-electron chi connectivity index (χ0n) is 10.5. The molecule has 0 aromatic heterocycles. The van der Waals surface area contributed by atoms with Gasteiger partial charge in [-0.15, -0.1) is 11.8 Å². The van der Waals surface area contributed by atoms with Crippen molar-refractivity contribution in [2.45, 2.75) is 31.9 Å². The van der Waals surface area contributed by atoms with Crippen LogP contribution in [0, 0.1) is 11.6 Å². The van der Waals surface area contributed by atoms with Crippen molar-refractivity contribution in [3.63, 3.8) is 0 Å². The highest BCUT2D eigenvalue weighted by molar-refractivity contribution is 8.00. The zero-order chi connectivity index (χ0) is 13.5. The van der Waals surface area contributed by atoms with Crippen LogP contribution in [0.2, 0.25) is 0 Å². The first kappa shape index (κ1) is 15.0. The van der Waals surface area contributed by atoms with Crippen molar-refractivity contribution in [3.05, 3.63) is 29.8 Å². The first-order chi connectivity index (χ1) is 8.52. The van der Waals surface area contributed by atoms with Gasteiger partial charge in [-0.05, 0) is 31.2 Å². The Morgan fingerprint density at radius 3 is 2.50 bits per heavy atom. The Balaban J connectivity index is 2.52.